The first-order valence-corrected chi connectivity index (χ1v) is 9.80. The van der Waals surface area contributed by atoms with Crippen LogP contribution in [-0.4, -0.2) is 62.3 Å². The maximum atomic E-state index is 12.8. The zero-order valence-corrected chi connectivity index (χ0v) is 17.2. The van der Waals surface area contributed by atoms with E-state index in [0.717, 1.165) is 17.7 Å². The van der Waals surface area contributed by atoms with E-state index >= 15 is 0 Å². The first kappa shape index (κ1) is 23.6. The van der Waals surface area contributed by atoms with Gasteiger partial charge in [-0.1, -0.05) is 19.8 Å². The number of anilines is 2. The van der Waals surface area contributed by atoms with Gasteiger partial charge >= 0.3 is 12.1 Å². The number of hydrogen-bond donors (Lipinski definition) is 6. The van der Waals surface area contributed by atoms with Gasteiger partial charge in [0.05, 0.1) is 12.8 Å². The maximum absolute atomic E-state index is 12.8. The van der Waals surface area contributed by atoms with Gasteiger partial charge in [-0.3, -0.25) is 10.4 Å². The fraction of sp³-hybridized carbons (Fsp3) is 0.529. The van der Waals surface area contributed by atoms with E-state index in [1.807, 2.05) is 6.92 Å². The largest absolute Gasteiger partial charge is 0.480 e. The number of nitrogens with one attached hydrogen (secondary N) is 2. The highest BCUT2D eigenvalue weighted by Gasteiger charge is 2.34. The van der Waals surface area contributed by atoms with E-state index in [2.05, 4.69) is 30.4 Å². The van der Waals surface area contributed by atoms with Crippen molar-refractivity contribution in [2.45, 2.75) is 45.1 Å². The van der Waals surface area contributed by atoms with Crippen LogP contribution in [0, 0.1) is 0 Å². The van der Waals surface area contributed by atoms with Gasteiger partial charge in [-0.2, -0.15) is 9.97 Å². The van der Waals surface area contributed by atoms with Gasteiger partial charge in [-0.05, 0) is 19.3 Å². The summed E-state index contributed by atoms with van der Waals surface area (Å²) < 4.78 is 5.30. The third-order valence-electron chi connectivity index (χ3n) is 4.28. The molecule has 1 amide bonds. The molecule has 0 radical (unpaired) electrons. The Hall–Kier alpha value is -3.68. The number of H-pyrrole nitrogens is 1. The molecular weight excluding hydrogens is 408 g/mol. The number of aliphatic imine (C=N–C) groups is 1. The minimum Gasteiger partial charge on any atom is -0.480 e. The van der Waals surface area contributed by atoms with Crippen molar-refractivity contribution in [3.63, 3.8) is 0 Å². The zero-order valence-electron chi connectivity index (χ0n) is 17.2. The molecule has 2 heterocycles. The number of nitrogens with zero attached hydrogens (tertiary/aromatic N) is 5. The molecule has 0 bridgehead atoms. The lowest BCUT2D eigenvalue weighted by Gasteiger charge is -2.26. The van der Waals surface area contributed by atoms with Crippen LogP contribution >= 0.6 is 0 Å². The lowest BCUT2D eigenvalue weighted by atomic mass is 10.1. The summed E-state index contributed by atoms with van der Waals surface area (Å²) in [4.78, 5) is 44.8. The van der Waals surface area contributed by atoms with Crippen molar-refractivity contribution in [3.8, 4) is 0 Å². The molecule has 9 N–H and O–H groups in total. The molecular formula is C17H28N10O4. The van der Waals surface area contributed by atoms with Gasteiger partial charge in [-0.15, -0.1) is 0 Å². The Labute approximate surface area is 178 Å². The van der Waals surface area contributed by atoms with Gasteiger partial charge in [0, 0.05) is 6.54 Å². The van der Waals surface area contributed by atoms with Gasteiger partial charge in [0.25, 0.3) is 0 Å². The maximum Gasteiger partial charge on any atom is 0.417 e. The van der Waals surface area contributed by atoms with Crippen LogP contribution in [0.1, 0.15) is 39.0 Å². The predicted molar refractivity (Wildman–Crippen MR) is 114 cm³/mol. The van der Waals surface area contributed by atoms with E-state index in [-0.39, 0.29) is 43.1 Å². The second-order valence-corrected chi connectivity index (χ2v) is 6.63. The molecule has 2 rings (SSSR count). The highest BCUT2D eigenvalue weighted by molar-refractivity contribution is 5.94. The molecule has 0 fully saturated rings. The molecule has 0 aromatic carbocycles. The standard InChI is InChI=1S/C17H28N10O4/c1-2-3-4-8-31-17(30)27(11(13(28)29)6-5-7-21-14(18)19)16-23-10-9-22-15(26-20)24-12(10)25-16/h9,11H,2-8,20H2,1H3,(H,28,29)(H4,18,19,21)(H2,22,23,24,25,26)/t11-/m1/s1. The van der Waals surface area contributed by atoms with E-state index in [1.54, 1.807) is 0 Å². The molecule has 0 aliphatic rings. The molecule has 2 aromatic heterocycles. The van der Waals surface area contributed by atoms with Crippen LogP contribution in [0.15, 0.2) is 11.2 Å². The Bertz CT molecular complexity index is 911. The Kier molecular flexibility index (Phi) is 8.75. The molecule has 0 saturated heterocycles. The molecule has 0 aliphatic carbocycles. The Balaban J connectivity index is 2.32. The number of imidazole rings is 1. The minimum absolute atomic E-state index is 0.0341. The second kappa shape index (κ2) is 11.5. The predicted octanol–water partition coefficient (Wildman–Crippen LogP) is 0.279. The number of fused-ring (bicyclic) bond motifs is 1. The van der Waals surface area contributed by atoms with Gasteiger partial charge in [0.1, 0.15) is 11.6 Å². The quantitative estimate of drug-likeness (QED) is 0.0870. The average molecular weight is 436 g/mol. The SMILES string of the molecule is CCCCCOC(=O)N(c1nc2nc(NN)ncc2[nH]1)[C@H](CCCN=C(N)N)C(=O)O. The summed E-state index contributed by atoms with van der Waals surface area (Å²) in [7, 11) is 0. The number of unbranched alkanes of at least 4 members (excludes halogenated alkanes) is 2. The van der Waals surface area contributed by atoms with E-state index < -0.39 is 18.1 Å². The van der Waals surface area contributed by atoms with Gasteiger partial charge in [0.15, 0.2) is 11.6 Å². The number of guanidine groups is 1. The van der Waals surface area contributed by atoms with Crippen LogP contribution in [0.3, 0.4) is 0 Å². The van der Waals surface area contributed by atoms with Crippen molar-refractivity contribution in [3.05, 3.63) is 6.20 Å². The third kappa shape index (κ3) is 6.67. The number of aromatic nitrogens is 4. The Morgan fingerprint density at radius 2 is 2.10 bits per heavy atom. The first-order valence-electron chi connectivity index (χ1n) is 9.80. The number of carboxylic acids is 1. The van der Waals surface area contributed by atoms with Crippen molar-refractivity contribution in [2.75, 3.05) is 23.5 Å². The number of carboxylic acid groups (broad SMARTS) is 1. The number of aromatic amines is 1. The molecule has 1 atom stereocenters. The average Bonchev–Trinajstić information content (AvgIpc) is 3.15. The fourth-order valence-electron chi connectivity index (χ4n) is 2.78. The molecule has 14 heteroatoms. The first-order chi connectivity index (χ1) is 14.9. The van der Waals surface area contributed by atoms with E-state index in [4.69, 9.17) is 22.0 Å². The highest BCUT2D eigenvalue weighted by atomic mass is 16.6. The number of rotatable bonds is 12. The van der Waals surface area contributed by atoms with Crippen LogP contribution < -0.4 is 27.6 Å². The molecule has 0 spiro atoms. The number of carbonyl (C=O) groups excluding carboxylic acids is 1. The zero-order chi connectivity index (χ0) is 22.8. The molecule has 0 aliphatic heterocycles. The summed E-state index contributed by atoms with van der Waals surface area (Å²) >= 11 is 0. The third-order valence-corrected chi connectivity index (χ3v) is 4.28. The normalized spacial score (nSPS) is 11.7. The number of nitrogen functional groups attached to an aromatic ring is 1. The lowest BCUT2D eigenvalue weighted by molar-refractivity contribution is -0.138. The smallest absolute Gasteiger partial charge is 0.417 e. The summed E-state index contributed by atoms with van der Waals surface area (Å²) in [5.41, 5.74) is 13.5. The number of hydrogen-bond acceptors (Lipinski definition) is 9. The fourth-order valence-corrected chi connectivity index (χ4v) is 2.78. The summed E-state index contributed by atoms with van der Waals surface area (Å²) in [6.07, 6.45) is 3.44. The van der Waals surface area contributed by atoms with Crippen molar-refractivity contribution < 1.29 is 19.4 Å². The van der Waals surface area contributed by atoms with E-state index in [9.17, 15) is 14.7 Å². The number of aliphatic carboxylic acids is 1. The number of amides is 1. The Morgan fingerprint density at radius 3 is 2.74 bits per heavy atom. The molecule has 170 valence electrons. The number of ether oxygens (including phenoxy) is 1. The van der Waals surface area contributed by atoms with E-state index in [0.29, 0.717) is 18.4 Å². The lowest BCUT2D eigenvalue weighted by Crippen LogP contribution is -2.46. The minimum atomic E-state index is -1.27. The van der Waals surface area contributed by atoms with Gasteiger partial charge in [-0.25, -0.2) is 25.3 Å². The molecule has 0 saturated carbocycles. The monoisotopic (exact) mass is 436 g/mol. The molecule has 2 aromatic rings. The molecule has 14 nitrogen and oxygen atoms in total. The van der Waals surface area contributed by atoms with Gasteiger partial charge in [0.2, 0.25) is 11.9 Å². The number of hydrazine groups is 1. The van der Waals surface area contributed by atoms with Crippen molar-refractivity contribution in [1.82, 2.24) is 19.9 Å². The van der Waals surface area contributed by atoms with Crippen molar-refractivity contribution >= 4 is 41.1 Å². The van der Waals surface area contributed by atoms with Crippen LogP contribution in [0.5, 0.6) is 0 Å². The van der Waals surface area contributed by atoms with Crippen molar-refractivity contribution in [1.29, 1.82) is 0 Å². The highest BCUT2D eigenvalue weighted by Crippen LogP contribution is 2.22. The second-order valence-electron chi connectivity index (χ2n) is 6.63. The van der Waals surface area contributed by atoms with Crippen molar-refractivity contribution in [2.24, 2.45) is 22.3 Å². The van der Waals surface area contributed by atoms with Crippen LogP contribution in [0.4, 0.5) is 16.7 Å². The topological polar surface area (TPSA) is 224 Å². The summed E-state index contributed by atoms with van der Waals surface area (Å²) in [5, 5.41) is 9.80. The van der Waals surface area contributed by atoms with Crippen LogP contribution in [0.2, 0.25) is 0 Å². The summed E-state index contributed by atoms with van der Waals surface area (Å²) in [6, 6.07) is -1.27. The summed E-state index contributed by atoms with van der Waals surface area (Å²) in [5.74, 6) is 4.06. The molecule has 0 unspecified atom stereocenters. The molecule has 31 heavy (non-hydrogen) atoms. The van der Waals surface area contributed by atoms with Crippen LogP contribution in [-0.2, 0) is 9.53 Å². The number of nitrogens with two attached hydrogens (primary N) is 3. The Morgan fingerprint density at radius 1 is 1.32 bits per heavy atom. The van der Waals surface area contributed by atoms with Gasteiger partial charge < -0.3 is 26.3 Å². The summed E-state index contributed by atoms with van der Waals surface area (Å²) in [6.45, 7) is 2.39. The van der Waals surface area contributed by atoms with Crippen LogP contribution in [0.25, 0.3) is 11.2 Å². The van der Waals surface area contributed by atoms with E-state index in [1.165, 1.54) is 6.20 Å². The number of carbonyl (C=O) groups is 2.